The van der Waals surface area contributed by atoms with Crippen molar-refractivity contribution in [2.75, 3.05) is 28.2 Å². The maximum atomic E-state index is 9.87. The van der Waals surface area contributed by atoms with Crippen LogP contribution in [-0.2, 0) is 0 Å². The van der Waals surface area contributed by atoms with Gasteiger partial charge in [-0.05, 0) is 12.1 Å². The topological polar surface area (TPSA) is 59.1 Å². The summed E-state index contributed by atoms with van der Waals surface area (Å²) >= 11 is 0. The molecule has 7 nitrogen and oxygen atoms in total. The van der Waals surface area contributed by atoms with Crippen molar-refractivity contribution in [3.63, 3.8) is 0 Å². The minimum atomic E-state index is -10.7. The summed E-state index contributed by atoms with van der Waals surface area (Å²) < 4.78 is 61.0. The van der Waals surface area contributed by atoms with Crippen molar-refractivity contribution in [1.82, 2.24) is 25.0 Å². The number of hydrogen-bond acceptors (Lipinski definition) is 4. The van der Waals surface area contributed by atoms with Crippen LogP contribution in [0.5, 0.6) is 0 Å². The van der Waals surface area contributed by atoms with E-state index in [1.165, 1.54) is 4.96 Å². The van der Waals surface area contributed by atoms with E-state index >= 15 is 0 Å². The molecule has 138 valence electrons. The number of rotatable bonds is 1. The van der Waals surface area contributed by atoms with E-state index in [0.29, 0.717) is 17.2 Å². The van der Waals surface area contributed by atoms with Gasteiger partial charge in [0.25, 0.3) is 0 Å². The van der Waals surface area contributed by atoms with Crippen molar-refractivity contribution in [2.24, 2.45) is 0 Å². The predicted molar refractivity (Wildman–Crippen MR) is 76.3 cm³/mol. The first-order chi connectivity index (χ1) is 10.5. The molecule has 0 bridgehead atoms. The van der Waals surface area contributed by atoms with Gasteiger partial charge < -0.3 is 0 Å². The van der Waals surface area contributed by atoms with E-state index in [4.69, 9.17) is 4.84 Å². The number of hydrogen-bond donors (Lipinski definition) is 0. The van der Waals surface area contributed by atoms with Crippen molar-refractivity contribution in [3.8, 4) is 0 Å². The molecule has 0 saturated heterocycles. The van der Waals surface area contributed by atoms with Gasteiger partial charge in [-0.15, -0.1) is 5.10 Å². The summed E-state index contributed by atoms with van der Waals surface area (Å²) in [4.78, 5) is 12.6. The van der Waals surface area contributed by atoms with Gasteiger partial charge in [-0.1, -0.05) is 5.10 Å². The molecule has 0 aromatic carbocycles. The Bertz CT molecular complexity index is 707. The normalized spacial score (nSPS) is 14.1. The average Bonchev–Trinajstić information content (AvgIpc) is 2.73. The fourth-order valence-corrected chi connectivity index (χ4v) is 1.42. The van der Waals surface area contributed by atoms with E-state index in [-0.39, 0.29) is 0 Å². The summed E-state index contributed by atoms with van der Waals surface area (Å²) in [5.41, 5.74) is 1.26. The average molecular weight is 380 g/mol. The zero-order valence-corrected chi connectivity index (χ0v) is 13.9. The number of amidine groups is 1. The molecule has 2 heterocycles. The van der Waals surface area contributed by atoms with E-state index in [1.807, 2.05) is 49.8 Å². The Hall–Kier alpha value is -2.17. The van der Waals surface area contributed by atoms with Crippen LogP contribution < -0.4 is 4.84 Å². The predicted octanol–water partition coefficient (Wildman–Crippen LogP) is 2.83. The van der Waals surface area contributed by atoms with Crippen LogP contribution in [0.15, 0.2) is 18.3 Å². The van der Waals surface area contributed by atoms with Gasteiger partial charge >= 0.3 is 39.0 Å². The van der Waals surface area contributed by atoms with Crippen molar-refractivity contribution in [3.05, 3.63) is 18.3 Å². The number of aromatic nitrogens is 4. The van der Waals surface area contributed by atoms with E-state index in [1.54, 1.807) is 6.20 Å². The summed E-state index contributed by atoms with van der Waals surface area (Å²) in [6.07, 6.45) is 1.67. The van der Waals surface area contributed by atoms with Gasteiger partial charge in [0.05, 0.1) is 28.2 Å². The van der Waals surface area contributed by atoms with Crippen molar-refractivity contribution < 1.29 is 34.6 Å². The molecule has 0 spiro atoms. The molecule has 0 aliphatic rings. The van der Waals surface area contributed by atoms with Crippen LogP contribution in [0, 0.1) is 0 Å². The van der Waals surface area contributed by atoms with Gasteiger partial charge in [0.2, 0.25) is 5.65 Å². The van der Waals surface area contributed by atoms with E-state index in [0.717, 1.165) is 0 Å². The van der Waals surface area contributed by atoms with Gasteiger partial charge in [0, 0.05) is 11.2 Å². The Morgan fingerprint density at radius 3 is 2.08 bits per heavy atom. The van der Waals surface area contributed by atoms with E-state index in [9.17, 15) is 25.2 Å². The van der Waals surface area contributed by atoms with E-state index in [2.05, 4.69) is 15.2 Å². The molecule has 0 N–H and O–H groups in total. The molecule has 2 rings (SSSR count). The summed E-state index contributed by atoms with van der Waals surface area (Å²) in [5.74, 6) is 0. The zero-order valence-electron chi connectivity index (χ0n) is 13.0. The van der Waals surface area contributed by atoms with Gasteiger partial charge in [-0.3, -0.25) is 4.84 Å². The molecule has 0 aliphatic carbocycles. The summed E-state index contributed by atoms with van der Waals surface area (Å²) in [5, 5.41) is 8.28. The maximum absolute atomic E-state index is 10.7. The number of pyridine rings is 1. The molecule has 0 unspecified atom stereocenters. The third-order valence-corrected chi connectivity index (χ3v) is 2.07. The molecular weight excluding hydrogens is 365 g/mol. The molecule has 0 fully saturated rings. The first-order valence-corrected chi connectivity index (χ1v) is 8.20. The van der Waals surface area contributed by atoms with Crippen LogP contribution in [0.4, 0.5) is 25.2 Å². The number of fused-ring (bicyclic) bond motifs is 1. The molecule has 0 atom stereocenters. The van der Waals surface area contributed by atoms with Gasteiger partial charge in [-0.25, -0.2) is 14.5 Å². The standard InChI is InChI=1S/C10H15N6O.F6P/c1-14(2)10(15(3)4)17-16-12-8-6-5-7-11-9(8)13-16;1-7(2,3,4,5)6/h5-7H,1-4H3;/q+1;-1. The fourth-order valence-electron chi connectivity index (χ4n) is 1.42. The number of nitrogens with zero attached hydrogens (tertiary/aromatic N) is 6. The van der Waals surface area contributed by atoms with Gasteiger partial charge in [0.1, 0.15) is 5.52 Å². The Kier molecular flexibility index (Phi) is 4.74. The molecular formula is C10H15F6N6OP. The van der Waals surface area contributed by atoms with Crippen LogP contribution >= 0.6 is 7.81 Å². The van der Waals surface area contributed by atoms with E-state index < -0.39 is 7.81 Å². The minimum absolute atomic E-state index is 0.560. The Morgan fingerprint density at radius 1 is 1.12 bits per heavy atom. The van der Waals surface area contributed by atoms with Gasteiger partial charge in [-0.2, -0.15) is 0 Å². The van der Waals surface area contributed by atoms with Gasteiger partial charge in [0.15, 0.2) is 0 Å². The van der Waals surface area contributed by atoms with Crippen LogP contribution in [0.3, 0.4) is 0 Å². The first kappa shape index (κ1) is 19.9. The third-order valence-electron chi connectivity index (χ3n) is 2.07. The Labute approximate surface area is 132 Å². The second kappa shape index (κ2) is 5.72. The molecule has 0 radical (unpaired) electrons. The summed E-state index contributed by atoms with van der Waals surface area (Å²) in [7, 11) is -3.11. The van der Waals surface area contributed by atoms with Crippen LogP contribution in [0.1, 0.15) is 0 Å². The van der Waals surface area contributed by atoms with Crippen molar-refractivity contribution in [1.29, 1.82) is 0 Å². The molecule has 0 saturated carbocycles. The quantitative estimate of drug-likeness (QED) is 0.250. The third kappa shape index (κ3) is 8.46. The van der Waals surface area contributed by atoms with Crippen molar-refractivity contribution >= 4 is 25.0 Å². The monoisotopic (exact) mass is 380 g/mol. The fraction of sp³-hybridized carbons (Fsp3) is 0.400. The molecule has 2 aromatic rings. The number of halogens is 6. The SMILES string of the molecule is CN(C)C(On1nc2cccnc2n1)=[N+](C)C.F[P-](F)(F)(F)(F)F. The van der Waals surface area contributed by atoms with Crippen LogP contribution in [0.25, 0.3) is 11.2 Å². The molecule has 24 heavy (non-hydrogen) atoms. The van der Waals surface area contributed by atoms with Crippen molar-refractivity contribution in [2.45, 2.75) is 0 Å². The second-order valence-electron chi connectivity index (χ2n) is 4.92. The summed E-state index contributed by atoms with van der Waals surface area (Å²) in [6, 6.07) is 4.27. The Balaban J connectivity index is 0.000000351. The second-order valence-corrected chi connectivity index (χ2v) is 6.84. The van der Waals surface area contributed by atoms with Crippen LogP contribution in [0.2, 0.25) is 0 Å². The molecule has 14 heteroatoms. The summed E-state index contributed by atoms with van der Waals surface area (Å²) in [6.45, 7) is 0. The molecule has 2 aromatic heterocycles. The molecule has 0 aliphatic heterocycles. The Morgan fingerprint density at radius 2 is 1.67 bits per heavy atom. The first-order valence-electron chi connectivity index (χ1n) is 6.17. The zero-order chi connectivity index (χ0) is 18.8. The molecule has 0 amide bonds. The van der Waals surface area contributed by atoms with Crippen LogP contribution in [-0.4, -0.2) is 63.8 Å².